The zero-order valence-corrected chi connectivity index (χ0v) is 12.0. The Kier molecular flexibility index (Phi) is 4.05. The molecule has 0 saturated carbocycles. The van der Waals surface area contributed by atoms with E-state index in [-0.39, 0.29) is 0 Å². The molecule has 2 heterocycles. The fourth-order valence-corrected chi connectivity index (χ4v) is 2.58. The standard InChI is InChI=1S/C16H24N2/c1-11(2)13-7-5-6-9-17-14-8-10-18-16(12(3)4)15(13)14/h7-8,10-12,17H,5-6,9H2,1-4H3/b13-7-. The maximum absolute atomic E-state index is 4.62. The molecule has 0 fully saturated rings. The molecule has 1 aromatic heterocycles. The van der Waals surface area contributed by atoms with E-state index in [1.54, 1.807) is 0 Å². The second-order valence-electron chi connectivity index (χ2n) is 5.66. The molecule has 0 radical (unpaired) electrons. The first-order chi connectivity index (χ1) is 8.61. The normalized spacial score (nSPS) is 18.7. The van der Waals surface area contributed by atoms with E-state index in [0.29, 0.717) is 11.8 Å². The summed E-state index contributed by atoms with van der Waals surface area (Å²) >= 11 is 0. The highest BCUT2D eigenvalue weighted by Crippen LogP contribution is 2.36. The van der Waals surface area contributed by atoms with E-state index in [1.165, 1.54) is 28.9 Å². The largest absolute Gasteiger partial charge is 0.384 e. The predicted molar refractivity (Wildman–Crippen MR) is 78.9 cm³/mol. The van der Waals surface area contributed by atoms with E-state index < -0.39 is 0 Å². The Morgan fingerprint density at radius 2 is 1.94 bits per heavy atom. The molecule has 0 bridgehead atoms. The summed E-state index contributed by atoms with van der Waals surface area (Å²) < 4.78 is 0. The Hall–Kier alpha value is -1.31. The van der Waals surface area contributed by atoms with Gasteiger partial charge in [-0.25, -0.2) is 0 Å². The summed E-state index contributed by atoms with van der Waals surface area (Å²) in [5, 5.41) is 3.56. The van der Waals surface area contributed by atoms with Gasteiger partial charge in [-0.2, -0.15) is 0 Å². The average molecular weight is 244 g/mol. The second kappa shape index (κ2) is 5.55. The molecule has 2 nitrogen and oxygen atoms in total. The van der Waals surface area contributed by atoms with E-state index in [4.69, 9.17) is 0 Å². The van der Waals surface area contributed by atoms with Crippen LogP contribution in [0.15, 0.2) is 18.3 Å². The van der Waals surface area contributed by atoms with Gasteiger partial charge in [0, 0.05) is 24.0 Å². The molecule has 2 heteroatoms. The molecule has 1 N–H and O–H groups in total. The van der Waals surface area contributed by atoms with Gasteiger partial charge in [0.2, 0.25) is 0 Å². The van der Waals surface area contributed by atoms with Crippen LogP contribution in [-0.4, -0.2) is 11.5 Å². The third-order valence-electron chi connectivity index (χ3n) is 3.50. The Morgan fingerprint density at radius 3 is 2.61 bits per heavy atom. The second-order valence-corrected chi connectivity index (χ2v) is 5.66. The zero-order valence-electron chi connectivity index (χ0n) is 12.0. The molecule has 0 spiro atoms. The lowest BCUT2D eigenvalue weighted by atomic mass is 9.88. The van der Waals surface area contributed by atoms with Crippen molar-refractivity contribution in [1.82, 2.24) is 4.98 Å². The number of hydrogen-bond acceptors (Lipinski definition) is 2. The average Bonchev–Trinajstić information content (AvgIpc) is 2.28. The Balaban J connectivity index is 2.60. The molecule has 0 aromatic carbocycles. The Bertz CT molecular complexity index is 444. The first kappa shape index (κ1) is 13.1. The lowest BCUT2D eigenvalue weighted by molar-refractivity contribution is 0.788. The van der Waals surface area contributed by atoms with Crippen molar-refractivity contribution < 1.29 is 0 Å². The molecule has 98 valence electrons. The van der Waals surface area contributed by atoms with Gasteiger partial charge in [0.05, 0.1) is 5.69 Å². The van der Waals surface area contributed by atoms with Crippen molar-refractivity contribution in [3.8, 4) is 0 Å². The quantitative estimate of drug-likeness (QED) is 0.831. The van der Waals surface area contributed by atoms with Gasteiger partial charge in [-0.05, 0) is 36.3 Å². The van der Waals surface area contributed by atoms with Crippen LogP contribution < -0.4 is 5.32 Å². The summed E-state index contributed by atoms with van der Waals surface area (Å²) in [4.78, 5) is 4.62. The van der Waals surface area contributed by atoms with Crippen molar-refractivity contribution in [2.24, 2.45) is 5.92 Å². The van der Waals surface area contributed by atoms with Gasteiger partial charge < -0.3 is 5.32 Å². The van der Waals surface area contributed by atoms with Gasteiger partial charge in [0.15, 0.2) is 0 Å². The van der Waals surface area contributed by atoms with Crippen LogP contribution in [0.25, 0.3) is 5.57 Å². The topological polar surface area (TPSA) is 24.9 Å². The molecule has 0 amide bonds. The van der Waals surface area contributed by atoms with Crippen molar-refractivity contribution >= 4 is 11.3 Å². The number of aromatic nitrogens is 1. The number of rotatable bonds is 2. The van der Waals surface area contributed by atoms with E-state index >= 15 is 0 Å². The van der Waals surface area contributed by atoms with E-state index in [1.807, 2.05) is 6.20 Å². The lowest BCUT2D eigenvalue weighted by Crippen LogP contribution is -2.12. The molecule has 0 unspecified atom stereocenters. The highest BCUT2D eigenvalue weighted by atomic mass is 14.9. The molecule has 1 aliphatic rings. The van der Waals surface area contributed by atoms with Gasteiger partial charge in [-0.1, -0.05) is 33.8 Å². The molecular formula is C16H24N2. The highest BCUT2D eigenvalue weighted by molar-refractivity contribution is 5.79. The highest BCUT2D eigenvalue weighted by Gasteiger charge is 2.19. The van der Waals surface area contributed by atoms with Crippen molar-refractivity contribution in [2.45, 2.75) is 46.5 Å². The number of fused-ring (bicyclic) bond motifs is 1. The van der Waals surface area contributed by atoms with Crippen LogP contribution in [0.1, 0.15) is 57.7 Å². The van der Waals surface area contributed by atoms with E-state index in [2.05, 4.69) is 50.1 Å². The molecular weight excluding hydrogens is 220 g/mol. The van der Waals surface area contributed by atoms with Crippen LogP contribution >= 0.6 is 0 Å². The minimum absolute atomic E-state index is 0.461. The fraction of sp³-hybridized carbons (Fsp3) is 0.562. The van der Waals surface area contributed by atoms with E-state index in [9.17, 15) is 0 Å². The van der Waals surface area contributed by atoms with Crippen LogP contribution in [0.3, 0.4) is 0 Å². The Labute approximate surface area is 111 Å². The lowest BCUT2D eigenvalue weighted by Gasteiger charge is -2.23. The van der Waals surface area contributed by atoms with Crippen molar-refractivity contribution in [3.05, 3.63) is 29.6 Å². The third kappa shape index (κ3) is 2.58. The molecule has 2 rings (SSSR count). The third-order valence-corrected chi connectivity index (χ3v) is 3.50. The molecule has 0 aliphatic carbocycles. The number of anilines is 1. The van der Waals surface area contributed by atoms with Crippen LogP contribution in [0.5, 0.6) is 0 Å². The summed E-state index contributed by atoms with van der Waals surface area (Å²) in [6.45, 7) is 10.0. The minimum atomic E-state index is 0.461. The fourth-order valence-electron chi connectivity index (χ4n) is 2.58. The summed E-state index contributed by atoms with van der Waals surface area (Å²) in [6.07, 6.45) is 6.71. The maximum Gasteiger partial charge on any atom is 0.0524 e. The molecule has 0 atom stereocenters. The van der Waals surface area contributed by atoms with Crippen molar-refractivity contribution in [1.29, 1.82) is 0 Å². The van der Waals surface area contributed by atoms with Crippen LogP contribution in [0.2, 0.25) is 0 Å². The number of hydrogen-bond donors (Lipinski definition) is 1. The van der Waals surface area contributed by atoms with Crippen LogP contribution in [-0.2, 0) is 0 Å². The monoisotopic (exact) mass is 244 g/mol. The first-order valence-corrected chi connectivity index (χ1v) is 7.04. The summed E-state index contributed by atoms with van der Waals surface area (Å²) in [6, 6.07) is 2.11. The summed E-state index contributed by atoms with van der Waals surface area (Å²) in [5.41, 5.74) is 5.28. The van der Waals surface area contributed by atoms with Gasteiger partial charge >= 0.3 is 0 Å². The minimum Gasteiger partial charge on any atom is -0.384 e. The maximum atomic E-state index is 4.62. The number of allylic oxidation sites excluding steroid dienone is 2. The molecule has 1 aromatic rings. The SMILES string of the molecule is CC(C)/C1=C/CCCNc2ccnc(C(C)C)c21. The van der Waals surface area contributed by atoms with Gasteiger partial charge in [-0.3, -0.25) is 4.98 Å². The number of nitrogens with zero attached hydrogens (tertiary/aromatic N) is 1. The molecule has 1 aliphatic heterocycles. The van der Waals surface area contributed by atoms with Crippen LogP contribution in [0.4, 0.5) is 5.69 Å². The smallest absolute Gasteiger partial charge is 0.0524 e. The predicted octanol–water partition coefficient (Wildman–Crippen LogP) is 4.45. The van der Waals surface area contributed by atoms with Gasteiger partial charge in [-0.15, -0.1) is 0 Å². The molecule has 0 saturated heterocycles. The van der Waals surface area contributed by atoms with E-state index in [0.717, 1.165) is 13.0 Å². The van der Waals surface area contributed by atoms with Gasteiger partial charge in [0.25, 0.3) is 0 Å². The summed E-state index contributed by atoms with van der Waals surface area (Å²) in [7, 11) is 0. The first-order valence-electron chi connectivity index (χ1n) is 7.04. The van der Waals surface area contributed by atoms with Crippen molar-refractivity contribution in [3.63, 3.8) is 0 Å². The van der Waals surface area contributed by atoms with Crippen LogP contribution in [0, 0.1) is 5.92 Å². The number of pyridine rings is 1. The number of nitrogens with one attached hydrogen (secondary N) is 1. The zero-order chi connectivity index (χ0) is 13.1. The molecule has 18 heavy (non-hydrogen) atoms. The summed E-state index contributed by atoms with van der Waals surface area (Å²) in [5.74, 6) is 1.01. The van der Waals surface area contributed by atoms with Crippen molar-refractivity contribution in [2.75, 3.05) is 11.9 Å². The van der Waals surface area contributed by atoms with Gasteiger partial charge in [0.1, 0.15) is 0 Å². The Morgan fingerprint density at radius 1 is 1.17 bits per heavy atom.